The molecule has 1 saturated heterocycles. The minimum absolute atomic E-state index is 0.0400. The Kier molecular flexibility index (Phi) is 4.74. The molecule has 2 amide bonds. The van der Waals surface area contributed by atoms with Crippen LogP contribution in [0.4, 0.5) is 11.4 Å². The number of piperidine rings is 1. The Morgan fingerprint density at radius 3 is 2.60 bits per heavy atom. The van der Waals surface area contributed by atoms with Crippen molar-refractivity contribution in [1.82, 2.24) is 4.90 Å². The fourth-order valence-corrected chi connectivity index (χ4v) is 2.50. The highest BCUT2D eigenvalue weighted by Gasteiger charge is 2.23. The van der Waals surface area contributed by atoms with E-state index < -0.39 is 0 Å². The Morgan fingerprint density at radius 2 is 1.95 bits per heavy atom. The first kappa shape index (κ1) is 14.5. The van der Waals surface area contributed by atoms with Gasteiger partial charge in [-0.3, -0.25) is 9.59 Å². The van der Waals surface area contributed by atoms with Crippen LogP contribution in [0.15, 0.2) is 24.3 Å². The summed E-state index contributed by atoms with van der Waals surface area (Å²) in [6.45, 7) is 3.32. The zero-order chi connectivity index (χ0) is 14.5. The number of likely N-dealkylation sites (tertiary alicyclic amines) is 1. The lowest BCUT2D eigenvalue weighted by Crippen LogP contribution is -2.38. The summed E-state index contributed by atoms with van der Waals surface area (Å²) < 4.78 is 0. The number of rotatable bonds is 3. The van der Waals surface area contributed by atoms with E-state index in [1.54, 1.807) is 12.1 Å². The highest BCUT2D eigenvalue weighted by Crippen LogP contribution is 2.19. The molecule has 1 atom stereocenters. The minimum Gasteiger partial charge on any atom is -0.326 e. The smallest absolute Gasteiger partial charge is 0.228 e. The van der Waals surface area contributed by atoms with Crippen molar-refractivity contribution in [3.63, 3.8) is 0 Å². The number of hydrogen-bond acceptors (Lipinski definition) is 3. The molecule has 2 N–H and O–H groups in total. The Bertz CT molecular complexity index is 502. The van der Waals surface area contributed by atoms with Crippen molar-refractivity contribution < 1.29 is 9.59 Å². The summed E-state index contributed by atoms with van der Waals surface area (Å²) in [7, 11) is 2.04. The summed E-state index contributed by atoms with van der Waals surface area (Å²) in [5.41, 5.74) is 1.41. The molecule has 1 aliphatic heterocycles. The van der Waals surface area contributed by atoms with E-state index in [0.717, 1.165) is 31.6 Å². The zero-order valence-electron chi connectivity index (χ0n) is 12.0. The molecule has 0 aliphatic carbocycles. The molecule has 108 valence electrons. The second-order valence-corrected chi connectivity index (χ2v) is 5.35. The normalized spacial score (nSPS) is 19.4. The number of carbonyl (C=O) groups excluding carboxylic acids is 2. The molecule has 1 heterocycles. The van der Waals surface area contributed by atoms with E-state index in [1.165, 1.54) is 6.92 Å². The van der Waals surface area contributed by atoms with Crippen LogP contribution in [-0.2, 0) is 9.59 Å². The third-order valence-electron chi connectivity index (χ3n) is 3.45. The fraction of sp³-hybridized carbons (Fsp3) is 0.467. The molecule has 1 aromatic rings. The summed E-state index contributed by atoms with van der Waals surface area (Å²) >= 11 is 0. The van der Waals surface area contributed by atoms with Gasteiger partial charge in [0.15, 0.2) is 0 Å². The van der Waals surface area contributed by atoms with Gasteiger partial charge in [0.25, 0.3) is 0 Å². The molecule has 1 aliphatic rings. The van der Waals surface area contributed by atoms with Crippen molar-refractivity contribution in [3.8, 4) is 0 Å². The first-order valence-corrected chi connectivity index (χ1v) is 6.91. The summed E-state index contributed by atoms with van der Waals surface area (Å²) in [6, 6.07) is 7.21. The summed E-state index contributed by atoms with van der Waals surface area (Å²) in [6.07, 6.45) is 1.99. The summed E-state index contributed by atoms with van der Waals surface area (Å²) in [4.78, 5) is 25.4. The molecule has 0 radical (unpaired) electrons. The van der Waals surface area contributed by atoms with E-state index in [0.29, 0.717) is 5.69 Å². The van der Waals surface area contributed by atoms with Crippen LogP contribution in [0, 0.1) is 5.92 Å². The monoisotopic (exact) mass is 275 g/mol. The fourth-order valence-electron chi connectivity index (χ4n) is 2.50. The topological polar surface area (TPSA) is 61.4 Å². The highest BCUT2D eigenvalue weighted by molar-refractivity contribution is 5.94. The first-order valence-electron chi connectivity index (χ1n) is 6.91. The number of benzene rings is 1. The first-order chi connectivity index (χ1) is 9.54. The van der Waals surface area contributed by atoms with Crippen molar-refractivity contribution in [2.75, 3.05) is 30.8 Å². The molecule has 5 nitrogen and oxygen atoms in total. The van der Waals surface area contributed by atoms with Crippen LogP contribution >= 0.6 is 0 Å². The van der Waals surface area contributed by atoms with Gasteiger partial charge in [0.1, 0.15) is 0 Å². The van der Waals surface area contributed by atoms with E-state index in [-0.39, 0.29) is 17.7 Å². The van der Waals surface area contributed by atoms with Gasteiger partial charge in [0.2, 0.25) is 11.8 Å². The number of nitrogens with zero attached hydrogens (tertiary/aromatic N) is 1. The van der Waals surface area contributed by atoms with Gasteiger partial charge in [-0.25, -0.2) is 0 Å². The lowest BCUT2D eigenvalue weighted by molar-refractivity contribution is -0.121. The van der Waals surface area contributed by atoms with Crippen molar-refractivity contribution in [3.05, 3.63) is 24.3 Å². The Hall–Kier alpha value is -1.88. The molecule has 2 rings (SSSR count). The number of anilines is 2. The average Bonchev–Trinajstić information content (AvgIpc) is 2.38. The maximum atomic E-state index is 12.2. The van der Waals surface area contributed by atoms with Gasteiger partial charge in [0.05, 0.1) is 5.92 Å². The second-order valence-electron chi connectivity index (χ2n) is 5.35. The van der Waals surface area contributed by atoms with Gasteiger partial charge in [-0.2, -0.15) is 0 Å². The molecule has 0 unspecified atom stereocenters. The van der Waals surface area contributed by atoms with Gasteiger partial charge in [-0.1, -0.05) is 6.07 Å². The minimum atomic E-state index is -0.123. The van der Waals surface area contributed by atoms with Crippen LogP contribution in [0.1, 0.15) is 19.8 Å². The maximum absolute atomic E-state index is 12.2. The lowest BCUT2D eigenvalue weighted by Gasteiger charge is -2.28. The standard InChI is InChI=1S/C15H21N3O2/c1-11(19)16-13-6-3-7-14(9-13)17-15(20)12-5-4-8-18(2)10-12/h3,6-7,9,12H,4-5,8,10H2,1-2H3,(H,16,19)(H,17,20)/t12-/m0/s1. The SMILES string of the molecule is CC(=O)Nc1cccc(NC(=O)[C@H]2CCCN(C)C2)c1. The molecule has 0 spiro atoms. The summed E-state index contributed by atoms with van der Waals surface area (Å²) in [5, 5.41) is 5.64. The van der Waals surface area contributed by atoms with Crippen molar-refractivity contribution in [1.29, 1.82) is 0 Å². The molecule has 1 aromatic carbocycles. The molecule has 0 aromatic heterocycles. The largest absolute Gasteiger partial charge is 0.326 e. The molecular formula is C15H21N3O2. The Balaban J connectivity index is 1.98. The van der Waals surface area contributed by atoms with Gasteiger partial charge < -0.3 is 15.5 Å². The highest BCUT2D eigenvalue weighted by atomic mass is 16.2. The maximum Gasteiger partial charge on any atom is 0.228 e. The predicted octanol–water partition coefficient (Wildman–Crippen LogP) is 1.93. The zero-order valence-corrected chi connectivity index (χ0v) is 12.0. The van der Waals surface area contributed by atoms with Crippen LogP contribution in [0.25, 0.3) is 0 Å². The van der Waals surface area contributed by atoms with Gasteiger partial charge in [0, 0.05) is 24.8 Å². The molecule has 1 fully saturated rings. The van der Waals surface area contributed by atoms with E-state index in [1.807, 2.05) is 19.2 Å². The molecule has 0 saturated carbocycles. The quantitative estimate of drug-likeness (QED) is 0.886. The van der Waals surface area contributed by atoms with Crippen LogP contribution < -0.4 is 10.6 Å². The number of hydrogen-bond donors (Lipinski definition) is 2. The number of nitrogens with one attached hydrogen (secondary N) is 2. The van der Waals surface area contributed by atoms with Crippen LogP contribution in [0.3, 0.4) is 0 Å². The van der Waals surface area contributed by atoms with Crippen molar-refractivity contribution >= 4 is 23.2 Å². The van der Waals surface area contributed by atoms with E-state index in [9.17, 15) is 9.59 Å². The van der Waals surface area contributed by atoms with E-state index in [2.05, 4.69) is 15.5 Å². The van der Waals surface area contributed by atoms with Crippen LogP contribution in [0.5, 0.6) is 0 Å². The van der Waals surface area contributed by atoms with E-state index in [4.69, 9.17) is 0 Å². The number of amides is 2. The molecule has 0 bridgehead atoms. The Labute approximate surface area is 119 Å². The van der Waals surface area contributed by atoms with E-state index >= 15 is 0 Å². The molecule has 20 heavy (non-hydrogen) atoms. The number of carbonyl (C=O) groups is 2. The van der Waals surface area contributed by atoms with Crippen molar-refractivity contribution in [2.24, 2.45) is 5.92 Å². The third kappa shape index (κ3) is 4.06. The molecular weight excluding hydrogens is 254 g/mol. The lowest BCUT2D eigenvalue weighted by atomic mass is 9.97. The van der Waals surface area contributed by atoms with Crippen LogP contribution in [-0.4, -0.2) is 36.9 Å². The third-order valence-corrected chi connectivity index (χ3v) is 3.45. The van der Waals surface area contributed by atoms with Gasteiger partial charge >= 0.3 is 0 Å². The predicted molar refractivity (Wildman–Crippen MR) is 79.6 cm³/mol. The van der Waals surface area contributed by atoms with Crippen molar-refractivity contribution in [2.45, 2.75) is 19.8 Å². The second kappa shape index (κ2) is 6.52. The van der Waals surface area contributed by atoms with Gasteiger partial charge in [-0.05, 0) is 44.6 Å². The summed E-state index contributed by atoms with van der Waals surface area (Å²) in [5.74, 6) is -0.0305. The van der Waals surface area contributed by atoms with Gasteiger partial charge in [-0.15, -0.1) is 0 Å². The molecule has 5 heteroatoms. The Morgan fingerprint density at radius 1 is 1.25 bits per heavy atom. The average molecular weight is 275 g/mol. The van der Waals surface area contributed by atoms with Crippen LogP contribution in [0.2, 0.25) is 0 Å².